The molecule has 10 nitrogen and oxygen atoms in total. The summed E-state index contributed by atoms with van der Waals surface area (Å²) in [5.41, 5.74) is 1.77. The molecule has 1 atom stereocenters. The number of fused-ring (bicyclic) bond motifs is 1. The lowest BCUT2D eigenvalue weighted by Crippen LogP contribution is -2.40. The molecule has 1 amide bonds. The number of nitrogens with one attached hydrogen (secondary N) is 1. The molecule has 190 valence electrons. The van der Waals surface area contributed by atoms with E-state index in [9.17, 15) is 26.4 Å². The molecule has 0 saturated heterocycles. The van der Waals surface area contributed by atoms with Gasteiger partial charge >= 0.3 is 12.1 Å². The Kier molecular flexibility index (Phi) is 7.80. The minimum absolute atomic E-state index is 0.0143. The maximum atomic E-state index is 12.6. The molecule has 4 N–H and O–H groups in total. The minimum Gasteiger partial charge on any atom is -0.485 e. The molecular weight excluding hydrogens is 507 g/mol. The summed E-state index contributed by atoms with van der Waals surface area (Å²) >= 11 is 0. The summed E-state index contributed by atoms with van der Waals surface area (Å²) in [6.45, 7) is 0.107. The lowest BCUT2D eigenvalue weighted by molar-refractivity contribution is -0.192. The van der Waals surface area contributed by atoms with E-state index in [1.807, 2.05) is 6.07 Å². The standard InChI is InChI=1S/C20H17N3O5S.C2HF3O2/c21-29(25,26)15-7-5-13(6-8-15)16-11-14(9-10-22-16)23-20(24)19-12-27-17-3-1-2-4-18(17)28-19;3-2(4,5)1(6)7/h1-11,19H,12H2,(H2,21,25,26)(H,22,23,24);(H,6,7). The first-order valence-corrected chi connectivity index (χ1v) is 11.5. The number of nitrogens with zero attached hydrogens (tertiary/aromatic N) is 1. The van der Waals surface area contributed by atoms with Crippen LogP contribution in [0.1, 0.15) is 0 Å². The highest BCUT2D eigenvalue weighted by Crippen LogP contribution is 2.31. The number of alkyl halides is 3. The van der Waals surface area contributed by atoms with Crippen molar-refractivity contribution in [2.75, 3.05) is 11.9 Å². The van der Waals surface area contributed by atoms with Gasteiger partial charge in [-0.05, 0) is 36.4 Å². The number of ether oxygens (including phenoxy) is 2. The molecule has 0 aliphatic carbocycles. The summed E-state index contributed by atoms with van der Waals surface area (Å²) < 4.78 is 65.8. The quantitative estimate of drug-likeness (QED) is 0.469. The maximum absolute atomic E-state index is 12.6. The molecule has 0 bridgehead atoms. The van der Waals surface area contributed by atoms with E-state index in [-0.39, 0.29) is 17.4 Å². The van der Waals surface area contributed by atoms with Crippen LogP contribution in [-0.4, -0.2) is 49.3 Å². The van der Waals surface area contributed by atoms with E-state index in [4.69, 9.17) is 24.5 Å². The second-order valence-electron chi connectivity index (χ2n) is 7.16. The summed E-state index contributed by atoms with van der Waals surface area (Å²) in [6.07, 6.45) is -4.32. The van der Waals surface area contributed by atoms with Crippen LogP contribution in [0, 0.1) is 0 Å². The number of para-hydroxylation sites is 2. The summed E-state index contributed by atoms with van der Waals surface area (Å²) in [5, 5.41) is 15.0. The molecule has 0 fully saturated rings. The molecule has 3 aromatic rings. The number of aliphatic carboxylic acids is 1. The SMILES string of the molecule is NS(=O)(=O)c1ccc(-c2cc(NC(=O)C3COc4ccccc4O3)ccn2)cc1.O=C(O)C(F)(F)F. The van der Waals surface area contributed by atoms with E-state index in [0.29, 0.717) is 28.4 Å². The van der Waals surface area contributed by atoms with E-state index in [1.165, 1.54) is 12.1 Å². The highest BCUT2D eigenvalue weighted by molar-refractivity contribution is 7.89. The van der Waals surface area contributed by atoms with Gasteiger partial charge in [-0.1, -0.05) is 24.3 Å². The zero-order valence-electron chi connectivity index (χ0n) is 18.1. The van der Waals surface area contributed by atoms with Gasteiger partial charge in [-0.25, -0.2) is 18.4 Å². The maximum Gasteiger partial charge on any atom is 0.490 e. The Morgan fingerprint density at radius 2 is 1.67 bits per heavy atom. The Bertz CT molecular complexity index is 1360. The lowest BCUT2D eigenvalue weighted by Gasteiger charge is -2.25. The molecular formula is C22H18F3N3O7S. The lowest BCUT2D eigenvalue weighted by atomic mass is 10.1. The average molecular weight is 525 g/mol. The van der Waals surface area contributed by atoms with Crippen LogP contribution in [0.3, 0.4) is 0 Å². The molecule has 0 radical (unpaired) electrons. The molecule has 1 aromatic heterocycles. The Balaban J connectivity index is 0.000000454. The van der Waals surface area contributed by atoms with Gasteiger partial charge in [-0.3, -0.25) is 9.78 Å². The molecule has 0 saturated carbocycles. The van der Waals surface area contributed by atoms with Crippen LogP contribution in [0.2, 0.25) is 0 Å². The fourth-order valence-corrected chi connectivity index (χ4v) is 3.37. The first-order valence-electron chi connectivity index (χ1n) is 9.93. The largest absolute Gasteiger partial charge is 0.490 e. The fourth-order valence-electron chi connectivity index (χ4n) is 2.85. The highest BCUT2D eigenvalue weighted by Gasteiger charge is 2.38. The number of carbonyl (C=O) groups is 2. The van der Waals surface area contributed by atoms with E-state index in [0.717, 1.165) is 0 Å². The van der Waals surface area contributed by atoms with Gasteiger partial charge in [0.15, 0.2) is 11.5 Å². The number of amides is 1. The van der Waals surface area contributed by atoms with E-state index in [2.05, 4.69) is 10.3 Å². The van der Waals surface area contributed by atoms with Crippen LogP contribution in [0.25, 0.3) is 11.3 Å². The van der Waals surface area contributed by atoms with Crippen LogP contribution in [-0.2, 0) is 19.6 Å². The van der Waals surface area contributed by atoms with Gasteiger partial charge in [0, 0.05) is 17.4 Å². The molecule has 1 aliphatic rings. The molecule has 2 aromatic carbocycles. The van der Waals surface area contributed by atoms with Gasteiger partial charge in [0.2, 0.25) is 16.1 Å². The summed E-state index contributed by atoms with van der Waals surface area (Å²) in [4.78, 5) is 25.7. The van der Waals surface area contributed by atoms with Crippen molar-refractivity contribution < 1.29 is 45.8 Å². The molecule has 1 aliphatic heterocycles. The van der Waals surface area contributed by atoms with E-state index >= 15 is 0 Å². The number of aromatic nitrogens is 1. The first kappa shape index (κ1) is 26.4. The number of nitrogens with two attached hydrogens (primary N) is 1. The number of pyridine rings is 1. The van der Waals surface area contributed by atoms with Gasteiger partial charge in [-0.2, -0.15) is 13.2 Å². The average Bonchev–Trinajstić information content (AvgIpc) is 2.83. The number of benzene rings is 2. The van der Waals surface area contributed by atoms with Crippen molar-refractivity contribution in [3.05, 3.63) is 66.9 Å². The van der Waals surface area contributed by atoms with Crippen molar-refractivity contribution in [3.63, 3.8) is 0 Å². The third-order valence-corrected chi connectivity index (χ3v) is 5.48. The van der Waals surface area contributed by atoms with Gasteiger partial charge in [0.25, 0.3) is 5.91 Å². The number of rotatable bonds is 4. The van der Waals surface area contributed by atoms with Crippen molar-refractivity contribution in [1.29, 1.82) is 0 Å². The number of hydrogen-bond donors (Lipinski definition) is 3. The number of anilines is 1. The topological polar surface area (TPSA) is 158 Å². The number of sulfonamides is 1. The number of carboxylic acids is 1. The van der Waals surface area contributed by atoms with Gasteiger partial charge in [-0.15, -0.1) is 0 Å². The second kappa shape index (κ2) is 10.6. The predicted molar refractivity (Wildman–Crippen MR) is 120 cm³/mol. The third kappa shape index (κ3) is 6.93. The normalized spacial score (nSPS) is 14.7. The van der Waals surface area contributed by atoms with E-state index in [1.54, 1.807) is 48.7 Å². The van der Waals surface area contributed by atoms with Crippen molar-refractivity contribution in [2.24, 2.45) is 5.14 Å². The van der Waals surface area contributed by atoms with Crippen molar-refractivity contribution in [1.82, 2.24) is 4.98 Å². The van der Waals surface area contributed by atoms with E-state index < -0.39 is 28.3 Å². The Labute approximate surface area is 202 Å². The summed E-state index contributed by atoms with van der Waals surface area (Å²) in [7, 11) is -3.76. The van der Waals surface area contributed by atoms with Crippen molar-refractivity contribution in [3.8, 4) is 22.8 Å². The molecule has 14 heteroatoms. The first-order chi connectivity index (χ1) is 16.8. The van der Waals surface area contributed by atoms with Crippen LogP contribution < -0.4 is 19.9 Å². The second-order valence-corrected chi connectivity index (χ2v) is 8.72. The Hall–Kier alpha value is -4.17. The minimum atomic E-state index is -5.08. The van der Waals surface area contributed by atoms with Crippen molar-refractivity contribution >= 4 is 27.6 Å². The zero-order valence-corrected chi connectivity index (χ0v) is 18.9. The molecule has 4 rings (SSSR count). The van der Waals surface area contributed by atoms with Crippen LogP contribution in [0.4, 0.5) is 18.9 Å². The molecule has 0 spiro atoms. The number of carboxylic acid groups (broad SMARTS) is 1. The summed E-state index contributed by atoms with van der Waals surface area (Å²) in [5.74, 6) is -1.98. The monoisotopic (exact) mass is 525 g/mol. The fraction of sp³-hybridized carbons (Fsp3) is 0.136. The van der Waals surface area contributed by atoms with Crippen LogP contribution >= 0.6 is 0 Å². The Morgan fingerprint density at radius 3 is 2.25 bits per heavy atom. The molecule has 36 heavy (non-hydrogen) atoms. The number of carbonyl (C=O) groups excluding carboxylic acids is 1. The smallest absolute Gasteiger partial charge is 0.485 e. The summed E-state index contributed by atoms with van der Waals surface area (Å²) in [6, 6.07) is 16.5. The molecule has 1 unspecified atom stereocenters. The third-order valence-electron chi connectivity index (χ3n) is 4.55. The van der Waals surface area contributed by atoms with Gasteiger partial charge in [0.05, 0.1) is 10.6 Å². The van der Waals surface area contributed by atoms with Crippen molar-refractivity contribution in [2.45, 2.75) is 17.2 Å². The zero-order chi connectivity index (χ0) is 26.5. The predicted octanol–water partition coefficient (Wildman–Crippen LogP) is 2.81. The van der Waals surface area contributed by atoms with Gasteiger partial charge < -0.3 is 19.9 Å². The molecule has 2 heterocycles. The van der Waals surface area contributed by atoms with Gasteiger partial charge in [0.1, 0.15) is 6.61 Å². The highest BCUT2D eigenvalue weighted by atomic mass is 32.2. The van der Waals surface area contributed by atoms with Crippen LogP contribution in [0.5, 0.6) is 11.5 Å². The number of hydrogen-bond acceptors (Lipinski definition) is 7. The number of primary sulfonamides is 1. The number of halogens is 3. The Morgan fingerprint density at radius 1 is 1.06 bits per heavy atom. The van der Waals surface area contributed by atoms with Crippen LogP contribution in [0.15, 0.2) is 71.8 Å².